The third kappa shape index (κ3) is 3.23. The summed E-state index contributed by atoms with van der Waals surface area (Å²) < 4.78 is 0. The van der Waals surface area contributed by atoms with Gasteiger partial charge in [-0.15, -0.1) is 0 Å². The standard InChI is InChI=1S/C6H10N2/c1-5(2)3-6(8)4-7/h3,5H,8H2,1-2H3/b6-3+. The number of nitrogens with zero attached hydrogens (tertiary/aromatic N) is 1. The van der Waals surface area contributed by atoms with E-state index in [-0.39, 0.29) is 0 Å². The molecule has 0 saturated heterocycles. The zero-order chi connectivity index (χ0) is 6.57. The Morgan fingerprint density at radius 1 is 1.75 bits per heavy atom. The largest absolute Gasteiger partial charge is 0.390 e. The molecule has 2 N–H and O–H groups in total. The maximum atomic E-state index is 8.14. The van der Waals surface area contributed by atoms with Crippen LogP contribution >= 0.6 is 0 Å². The minimum Gasteiger partial charge on any atom is -0.390 e. The van der Waals surface area contributed by atoms with E-state index in [0.717, 1.165) is 0 Å². The Bertz CT molecular complexity index is 128. The van der Waals surface area contributed by atoms with E-state index in [0.29, 0.717) is 11.6 Å². The van der Waals surface area contributed by atoms with Crippen LogP contribution in [0.1, 0.15) is 13.8 Å². The molecule has 0 unspecified atom stereocenters. The van der Waals surface area contributed by atoms with Crippen molar-refractivity contribution >= 4 is 0 Å². The Morgan fingerprint density at radius 2 is 2.25 bits per heavy atom. The molecule has 2 heteroatoms. The second-order valence-electron chi connectivity index (χ2n) is 1.98. The second kappa shape index (κ2) is 3.09. The molecule has 0 radical (unpaired) electrons. The van der Waals surface area contributed by atoms with Gasteiger partial charge in [-0.3, -0.25) is 0 Å². The quantitative estimate of drug-likeness (QED) is 0.512. The van der Waals surface area contributed by atoms with Crippen LogP contribution < -0.4 is 5.73 Å². The van der Waals surface area contributed by atoms with Crippen molar-refractivity contribution < 1.29 is 0 Å². The Morgan fingerprint density at radius 3 is 2.38 bits per heavy atom. The summed E-state index contributed by atoms with van der Waals surface area (Å²) in [7, 11) is 0. The van der Waals surface area contributed by atoms with E-state index in [9.17, 15) is 0 Å². The normalized spacial score (nSPS) is 11.5. The Kier molecular flexibility index (Phi) is 2.71. The number of rotatable bonds is 1. The van der Waals surface area contributed by atoms with E-state index in [1.807, 2.05) is 19.9 Å². The third-order valence-corrected chi connectivity index (χ3v) is 0.642. The summed E-state index contributed by atoms with van der Waals surface area (Å²) in [5.74, 6) is 0.370. The maximum Gasteiger partial charge on any atom is 0.116 e. The van der Waals surface area contributed by atoms with Crippen molar-refractivity contribution in [2.24, 2.45) is 11.7 Å². The molecule has 8 heavy (non-hydrogen) atoms. The van der Waals surface area contributed by atoms with Crippen molar-refractivity contribution in [3.05, 3.63) is 11.8 Å². The van der Waals surface area contributed by atoms with E-state index in [1.165, 1.54) is 0 Å². The van der Waals surface area contributed by atoms with Gasteiger partial charge in [0, 0.05) is 0 Å². The lowest BCUT2D eigenvalue weighted by molar-refractivity contribution is 0.824. The Labute approximate surface area is 49.6 Å². The molecular formula is C6H10N2. The van der Waals surface area contributed by atoms with Crippen LogP contribution in [0, 0.1) is 17.2 Å². The van der Waals surface area contributed by atoms with Gasteiger partial charge in [-0.1, -0.05) is 13.8 Å². The number of hydrogen-bond acceptors (Lipinski definition) is 2. The van der Waals surface area contributed by atoms with Crippen LogP contribution in [0.25, 0.3) is 0 Å². The van der Waals surface area contributed by atoms with E-state index < -0.39 is 0 Å². The highest BCUT2D eigenvalue weighted by Gasteiger charge is 1.87. The van der Waals surface area contributed by atoms with Gasteiger partial charge in [0.05, 0.1) is 0 Å². The van der Waals surface area contributed by atoms with Crippen LogP contribution in [0.4, 0.5) is 0 Å². The second-order valence-corrected chi connectivity index (χ2v) is 1.98. The molecule has 0 bridgehead atoms. The minimum atomic E-state index is 0.306. The first-order chi connectivity index (χ1) is 3.66. The van der Waals surface area contributed by atoms with Crippen molar-refractivity contribution in [1.29, 1.82) is 5.26 Å². The van der Waals surface area contributed by atoms with Crippen LogP contribution in [-0.4, -0.2) is 0 Å². The molecule has 0 rings (SSSR count). The average Bonchev–Trinajstić information content (AvgIpc) is 1.65. The molecule has 0 atom stereocenters. The molecule has 0 fully saturated rings. The number of nitriles is 1. The highest BCUT2D eigenvalue weighted by molar-refractivity contribution is 5.16. The molecule has 44 valence electrons. The van der Waals surface area contributed by atoms with Crippen molar-refractivity contribution in [3.8, 4) is 6.07 Å². The molecule has 0 spiro atoms. The lowest BCUT2D eigenvalue weighted by atomic mass is 10.2. The first-order valence-corrected chi connectivity index (χ1v) is 2.54. The van der Waals surface area contributed by atoms with Crippen LogP contribution in [0.2, 0.25) is 0 Å². The number of nitrogens with two attached hydrogens (primary N) is 1. The van der Waals surface area contributed by atoms with E-state index in [2.05, 4.69) is 0 Å². The van der Waals surface area contributed by atoms with E-state index >= 15 is 0 Å². The van der Waals surface area contributed by atoms with Crippen molar-refractivity contribution in [3.63, 3.8) is 0 Å². The van der Waals surface area contributed by atoms with Gasteiger partial charge in [0.1, 0.15) is 11.8 Å². The smallest absolute Gasteiger partial charge is 0.116 e. The Hall–Kier alpha value is -0.970. The van der Waals surface area contributed by atoms with Crippen molar-refractivity contribution in [2.75, 3.05) is 0 Å². The zero-order valence-electron chi connectivity index (χ0n) is 5.18. The van der Waals surface area contributed by atoms with Crippen molar-refractivity contribution in [1.82, 2.24) is 0 Å². The minimum absolute atomic E-state index is 0.306. The monoisotopic (exact) mass is 110 g/mol. The predicted octanol–water partition coefficient (Wildman–Crippen LogP) is 1.01. The third-order valence-electron chi connectivity index (χ3n) is 0.642. The summed E-state index contributed by atoms with van der Waals surface area (Å²) in [6.07, 6.45) is 1.72. The lowest BCUT2D eigenvalue weighted by Gasteiger charge is -1.91. The van der Waals surface area contributed by atoms with E-state index in [1.54, 1.807) is 6.08 Å². The summed E-state index contributed by atoms with van der Waals surface area (Å²) in [5, 5.41) is 8.14. The molecule has 0 amide bonds. The first-order valence-electron chi connectivity index (χ1n) is 2.54. The molecule has 0 aliphatic carbocycles. The molecule has 0 aromatic heterocycles. The Balaban J connectivity index is 3.80. The number of allylic oxidation sites excluding steroid dienone is 2. The summed E-state index contributed by atoms with van der Waals surface area (Å²) in [6.45, 7) is 3.95. The molecule has 0 aromatic carbocycles. The van der Waals surface area contributed by atoms with Crippen LogP contribution in [-0.2, 0) is 0 Å². The molecule has 0 aliphatic rings. The van der Waals surface area contributed by atoms with Gasteiger partial charge in [0.25, 0.3) is 0 Å². The van der Waals surface area contributed by atoms with Gasteiger partial charge in [-0.2, -0.15) is 5.26 Å². The van der Waals surface area contributed by atoms with Gasteiger partial charge < -0.3 is 5.73 Å². The topological polar surface area (TPSA) is 49.8 Å². The maximum absolute atomic E-state index is 8.14. The summed E-state index contributed by atoms with van der Waals surface area (Å²) in [5.41, 5.74) is 5.48. The van der Waals surface area contributed by atoms with Gasteiger partial charge in [-0.05, 0) is 12.0 Å². The predicted molar refractivity (Wildman–Crippen MR) is 32.7 cm³/mol. The SMILES string of the molecule is CC(C)/C=C(/N)C#N. The fraction of sp³-hybridized carbons (Fsp3) is 0.500. The van der Waals surface area contributed by atoms with Crippen LogP contribution in [0.5, 0.6) is 0 Å². The zero-order valence-corrected chi connectivity index (χ0v) is 5.18. The van der Waals surface area contributed by atoms with Gasteiger partial charge in [-0.25, -0.2) is 0 Å². The average molecular weight is 110 g/mol. The number of hydrogen-bond donors (Lipinski definition) is 1. The van der Waals surface area contributed by atoms with Crippen molar-refractivity contribution in [2.45, 2.75) is 13.8 Å². The van der Waals surface area contributed by atoms with Gasteiger partial charge in [0.2, 0.25) is 0 Å². The molecule has 0 aromatic rings. The molecular weight excluding hydrogens is 100 g/mol. The summed E-state index contributed by atoms with van der Waals surface area (Å²) in [6, 6.07) is 1.84. The van der Waals surface area contributed by atoms with Crippen LogP contribution in [0.15, 0.2) is 11.8 Å². The van der Waals surface area contributed by atoms with Crippen LogP contribution in [0.3, 0.4) is 0 Å². The van der Waals surface area contributed by atoms with E-state index in [4.69, 9.17) is 11.0 Å². The first kappa shape index (κ1) is 7.03. The molecule has 0 heterocycles. The van der Waals surface area contributed by atoms with Gasteiger partial charge >= 0.3 is 0 Å². The lowest BCUT2D eigenvalue weighted by Crippen LogP contribution is -1.94. The molecule has 2 nitrogen and oxygen atoms in total. The summed E-state index contributed by atoms with van der Waals surface area (Å²) >= 11 is 0. The summed E-state index contributed by atoms with van der Waals surface area (Å²) in [4.78, 5) is 0. The molecule has 0 aliphatic heterocycles. The fourth-order valence-electron chi connectivity index (χ4n) is 0.396. The highest BCUT2D eigenvalue weighted by Crippen LogP contribution is 1.94. The highest BCUT2D eigenvalue weighted by atomic mass is 14.6. The van der Waals surface area contributed by atoms with Gasteiger partial charge in [0.15, 0.2) is 0 Å². The molecule has 0 saturated carbocycles. The fourth-order valence-corrected chi connectivity index (χ4v) is 0.396.